The van der Waals surface area contributed by atoms with Crippen molar-refractivity contribution in [3.05, 3.63) is 495 Å². The molecule has 0 fully saturated rings. The van der Waals surface area contributed by atoms with Crippen molar-refractivity contribution in [1.29, 1.82) is 0 Å². The molecule has 2 aliphatic carbocycles. The lowest BCUT2D eigenvalue weighted by Gasteiger charge is -2.22. The summed E-state index contributed by atoms with van der Waals surface area (Å²) >= 11 is 1.85. The second-order valence-electron chi connectivity index (χ2n) is 40.2. The minimum Gasteiger partial charge on any atom is -0.456 e. The Hall–Kier alpha value is -19.2. The van der Waals surface area contributed by atoms with Crippen LogP contribution in [-0.2, 0) is 10.8 Å². The number of nitrogens with zero attached hydrogens (tertiary/aromatic N) is 10. The molecule has 9 heterocycles. The van der Waals surface area contributed by atoms with Crippen LogP contribution in [0.1, 0.15) is 49.9 Å². The number of hydrogen-bond acceptors (Lipinski definition) is 10. The van der Waals surface area contributed by atoms with Crippen LogP contribution in [0.2, 0.25) is 0 Å². The summed E-state index contributed by atoms with van der Waals surface area (Å²) in [5.74, 6) is 4.08. The van der Waals surface area contributed by atoms with Crippen LogP contribution in [-0.4, -0.2) is 48.6 Å². The minimum absolute atomic E-state index is 0.138. The highest BCUT2D eigenvalue weighted by atomic mass is 32.1. The number of furan rings is 2. The van der Waals surface area contributed by atoms with E-state index in [-0.39, 0.29) is 10.8 Å². The summed E-state index contributed by atoms with van der Waals surface area (Å²) < 4.78 is 21.6. The molecule has 706 valence electrons. The van der Waals surface area contributed by atoms with Gasteiger partial charge in [0, 0.05) is 124 Å². The molecule has 0 amide bonds. The second-order valence-corrected chi connectivity index (χ2v) is 41.2. The molecule has 12 nitrogen and oxygen atoms in total. The molecule has 20 aromatic carbocycles. The van der Waals surface area contributed by atoms with Crippen LogP contribution in [0.15, 0.2) is 482 Å². The largest absolute Gasteiger partial charge is 0.456 e. The van der Waals surface area contributed by atoms with Crippen molar-refractivity contribution in [2.24, 2.45) is 0 Å². The number of rotatable bonds is 12. The maximum absolute atomic E-state index is 6.18. The van der Waals surface area contributed by atoms with Gasteiger partial charge in [-0.05, 0) is 205 Å². The van der Waals surface area contributed by atoms with E-state index >= 15 is 0 Å². The Morgan fingerprint density at radius 3 is 0.980 bits per heavy atom. The van der Waals surface area contributed by atoms with Crippen molar-refractivity contribution in [3.8, 4) is 141 Å². The van der Waals surface area contributed by atoms with E-state index in [1.54, 1.807) is 0 Å². The standard InChI is InChI=1S/C58H41N3O.C40H25N3O.C39H24N4S/c1-57(2)46-17-9-5-13-38(46)40-25-21-36(31-48(40)57)50-33-51(37-22-26-41-39-14-6-10-18-47(39)58(3,4)49(41)32-37)60-56(59-50)61-52-19-11-7-15-42(52)44-29-34(23-27-53(44)61)35-24-28-55-45(30-35)43-16-8-12-20-54(43)62-55;1-3-11-26(12-4-1)34-25-39(42-40(41-34)27-13-5-2-6-14-27)43-35-17-9-7-15-30(35)32-23-28(19-21-36(32)43)29-20-22-38-33(24-29)31-16-8-10-18-37(31)44-38;1-3-11-25(12-4-1)37-40-38(26-13-5-2-6-14-26)42-39(41-37)43-33-17-9-7-15-29(33)31-23-27(19-21-34(31)43)28-20-22-36-32(24-28)30-16-8-10-18-35(30)44-36/h5-33H,1-4H3;1-25H;1-24H. The first-order valence-corrected chi connectivity index (χ1v) is 51.8. The van der Waals surface area contributed by atoms with Gasteiger partial charge in [-0.1, -0.05) is 367 Å². The summed E-state index contributed by atoms with van der Waals surface area (Å²) in [6, 6.07) is 167. The van der Waals surface area contributed by atoms with Gasteiger partial charge in [-0.15, -0.1) is 11.3 Å². The summed E-state index contributed by atoms with van der Waals surface area (Å²) in [7, 11) is 0. The predicted molar refractivity (Wildman–Crippen MR) is 618 cm³/mol. The number of aromatic nitrogens is 10. The lowest BCUT2D eigenvalue weighted by atomic mass is 9.81. The molecule has 0 atom stereocenters. The molecule has 29 aromatic rings. The first-order valence-electron chi connectivity index (χ1n) is 50.9. The summed E-state index contributed by atoms with van der Waals surface area (Å²) in [6.45, 7) is 9.35. The number of hydrogen-bond donors (Lipinski definition) is 0. The van der Waals surface area contributed by atoms with Crippen LogP contribution >= 0.6 is 11.3 Å². The molecule has 0 saturated carbocycles. The average molecular weight is 1940 g/mol. The van der Waals surface area contributed by atoms with E-state index in [1.165, 1.54) is 86.6 Å². The topological polar surface area (TPSA) is 131 Å². The molecule has 0 radical (unpaired) electrons. The normalized spacial score (nSPS) is 12.8. The Morgan fingerprint density at radius 2 is 0.507 bits per heavy atom. The predicted octanol–water partition coefficient (Wildman–Crippen LogP) is 35.9. The van der Waals surface area contributed by atoms with E-state index in [1.807, 2.05) is 133 Å². The highest BCUT2D eigenvalue weighted by molar-refractivity contribution is 7.25. The summed E-state index contributed by atoms with van der Waals surface area (Å²) in [6.07, 6.45) is 0. The minimum atomic E-state index is -0.138. The van der Waals surface area contributed by atoms with Crippen molar-refractivity contribution in [2.75, 3.05) is 0 Å². The van der Waals surface area contributed by atoms with Crippen molar-refractivity contribution in [2.45, 2.75) is 38.5 Å². The van der Waals surface area contributed by atoms with E-state index in [2.05, 4.69) is 393 Å². The fourth-order valence-corrected chi connectivity index (χ4v) is 24.4. The zero-order valence-electron chi connectivity index (χ0n) is 82.2. The van der Waals surface area contributed by atoms with Crippen molar-refractivity contribution in [1.82, 2.24) is 48.6 Å². The molecule has 0 spiro atoms. The van der Waals surface area contributed by atoms with Gasteiger partial charge >= 0.3 is 0 Å². The number of thiophene rings is 1. The fraction of sp³-hybridized carbons (Fsp3) is 0.0438. The number of benzene rings is 20. The summed E-state index contributed by atoms with van der Waals surface area (Å²) in [4.78, 5) is 36.2. The lowest BCUT2D eigenvalue weighted by Crippen LogP contribution is -2.15. The monoisotopic (exact) mass is 1940 g/mol. The van der Waals surface area contributed by atoms with Crippen LogP contribution in [0.3, 0.4) is 0 Å². The average Bonchev–Trinajstić information content (AvgIpc) is 1.57. The third-order valence-electron chi connectivity index (χ3n) is 30.8. The SMILES string of the molecule is CC1(C)c2ccccc2-c2ccc(-c3cc(-c4ccc5c(c4)C(C)(C)c4ccccc4-5)nc(-n4c5ccccc5c5cc(-c6ccc7oc8ccccc8c7c6)ccc54)n3)cc21.c1ccc(-c2cc(-n3c4ccccc4c4cc(-c5ccc6oc7ccccc7c6c5)ccc43)nc(-c3ccccc3)n2)cc1.c1ccc(-c2nc(-c3ccccc3)nc(-n3c4ccccc4c4cc(-c5ccc6sc7ccccc7c6c5)ccc43)n2)cc1. The number of fused-ring (bicyclic) bond motifs is 24. The summed E-state index contributed by atoms with van der Waals surface area (Å²) in [5.41, 5.74) is 36.1. The van der Waals surface area contributed by atoms with Gasteiger partial charge < -0.3 is 8.83 Å². The fourth-order valence-electron chi connectivity index (χ4n) is 23.3. The van der Waals surface area contributed by atoms with E-state index in [0.29, 0.717) is 29.4 Å². The Labute approximate surface area is 867 Å². The van der Waals surface area contributed by atoms with Gasteiger partial charge in [0.2, 0.25) is 11.9 Å². The van der Waals surface area contributed by atoms with E-state index in [0.717, 1.165) is 177 Å². The van der Waals surface area contributed by atoms with E-state index < -0.39 is 0 Å². The molecule has 31 rings (SSSR count). The molecule has 0 N–H and O–H groups in total. The van der Waals surface area contributed by atoms with Gasteiger partial charge in [-0.3, -0.25) is 13.7 Å². The zero-order valence-corrected chi connectivity index (χ0v) is 83.0. The molecule has 9 aromatic heterocycles. The van der Waals surface area contributed by atoms with Gasteiger partial charge in [0.15, 0.2) is 17.5 Å². The molecular weight excluding hydrogens is 1850 g/mol. The highest BCUT2D eigenvalue weighted by Gasteiger charge is 2.38. The molecule has 150 heavy (non-hydrogen) atoms. The highest BCUT2D eigenvalue weighted by Crippen LogP contribution is 2.53. The van der Waals surface area contributed by atoms with Crippen LogP contribution in [0.5, 0.6) is 0 Å². The smallest absolute Gasteiger partial charge is 0.238 e. The third kappa shape index (κ3) is 14.5. The molecule has 13 heteroatoms. The second kappa shape index (κ2) is 34.8. The van der Waals surface area contributed by atoms with Gasteiger partial charge in [-0.2, -0.15) is 9.97 Å². The molecule has 2 aliphatic rings. The van der Waals surface area contributed by atoms with Gasteiger partial charge in [0.1, 0.15) is 28.1 Å². The maximum Gasteiger partial charge on any atom is 0.238 e. The quantitative estimate of drug-likeness (QED) is 0.117. The summed E-state index contributed by atoms with van der Waals surface area (Å²) in [5, 5.41) is 14.1. The molecule has 0 bridgehead atoms. The Morgan fingerprint density at radius 1 is 0.187 bits per heavy atom. The van der Waals surface area contributed by atoms with Crippen molar-refractivity contribution >= 4 is 141 Å². The van der Waals surface area contributed by atoms with Crippen LogP contribution in [0.4, 0.5) is 0 Å². The van der Waals surface area contributed by atoms with E-state index in [4.69, 9.17) is 43.7 Å². The Bertz CT molecular complexity index is 9980. The Balaban J connectivity index is 0.000000108. The van der Waals surface area contributed by atoms with Crippen molar-refractivity contribution in [3.63, 3.8) is 0 Å². The Kier molecular flexibility index (Phi) is 20.3. The lowest BCUT2D eigenvalue weighted by molar-refractivity contribution is 0.660. The van der Waals surface area contributed by atoms with Crippen molar-refractivity contribution < 1.29 is 8.83 Å². The molecule has 0 unspecified atom stereocenters. The van der Waals surface area contributed by atoms with Crippen LogP contribution in [0, 0.1) is 0 Å². The molecule has 0 aliphatic heterocycles. The molecular formula is C137H90N10O2S. The zero-order chi connectivity index (χ0) is 99.6. The molecule has 0 saturated heterocycles. The first-order chi connectivity index (χ1) is 73.8. The number of para-hydroxylation sites is 5. The van der Waals surface area contributed by atoms with Crippen LogP contribution < -0.4 is 0 Å². The van der Waals surface area contributed by atoms with Gasteiger partial charge in [-0.25, -0.2) is 24.9 Å². The first kappa shape index (κ1) is 87.4. The van der Waals surface area contributed by atoms with Gasteiger partial charge in [0.25, 0.3) is 0 Å². The maximum atomic E-state index is 6.18. The van der Waals surface area contributed by atoms with E-state index in [9.17, 15) is 0 Å². The van der Waals surface area contributed by atoms with Gasteiger partial charge in [0.05, 0.1) is 50.2 Å². The third-order valence-corrected chi connectivity index (χ3v) is 31.9. The van der Waals surface area contributed by atoms with Crippen LogP contribution in [0.25, 0.3) is 271 Å².